The third-order valence-corrected chi connectivity index (χ3v) is 0.754. The first-order chi connectivity index (χ1) is 2.81. The summed E-state index contributed by atoms with van der Waals surface area (Å²) in [5.41, 5.74) is 6.62. The molecule has 0 aliphatic rings. The summed E-state index contributed by atoms with van der Waals surface area (Å²) in [5, 5.41) is 0. The Labute approximate surface area is 42.1 Å². The van der Waals surface area contributed by atoms with E-state index in [9.17, 15) is 4.79 Å². The number of hydrogen-bond donors (Lipinski definition) is 1. The van der Waals surface area contributed by atoms with Crippen molar-refractivity contribution in [1.82, 2.24) is 5.73 Å². The molecule has 0 aromatic heterocycles. The summed E-state index contributed by atoms with van der Waals surface area (Å²) in [5.74, 6) is 0.323. The molecule has 2 nitrogen and oxygen atoms in total. The largest absolute Gasteiger partial charge is 0.302 e. The van der Waals surface area contributed by atoms with E-state index in [1.165, 1.54) is 0 Å². The van der Waals surface area contributed by atoms with Crippen molar-refractivity contribution in [3.63, 3.8) is 0 Å². The molecule has 1 N–H and O–H groups in total. The van der Waals surface area contributed by atoms with Crippen LogP contribution in [0, 0.1) is 0 Å². The number of thiol groups is 1. The molecule has 1 atom stereocenters. The molecule has 35 valence electrons. The van der Waals surface area contributed by atoms with Crippen molar-refractivity contribution in [2.24, 2.45) is 0 Å². The molecule has 0 aromatic carbocycles. The van der Waals surface area contributed by atoms with Crippen molar-refractivity contribution in [3.05, 3.63) is 0 Å². The maximum Gasteiger partial charge on any atom is 0.139 e. The summed E-state index contributed by atoms with van der Waals surface area (Å²) in [7, 11) is 0. The zero-order valence-electron chi connectivity index (χ0n) is 3.22. The first-order valence-electron chi connectivity index (χ1n) is 1.58. The Balaban J connectivity index is 2.96. The summed E-state index contributed by atoms with van der Waals surface area (Å²) >= 11 is 3.68. The minimum Gasteiger partial charge on any atom is -0.302 e. The summed E-state index contributed by atoms with van der Waals surface area (Å²) in [4.78, 5) is 9.50. The van der Waals surface area contributed by atoms with Gasteiger partial charge in [0, 0.05) is 5.75 Å². The van der Waals surface area contributed by atoms with E-state index in [1.807, 2.05) is 0 Å². The van der Waals surface area contributed by atoms with Crippen LogP contribution in [0.1, 0.15) is 0 Å². The molecule has 0 aliphatic carbocycles. The molecular weight excluding hydrogens is 98.1 g/mol. The predicted octanol–water partition coefficient (Wildman–Crippen LogP) is -0.233. The molecule has 0 bridgehead atoms. The molecule has 0 rings (SSSR count). The Morgan fingerprint density at radius 1 is 2.00 bits per heavy atom. The molecule has 0 saturated carbocycles. The van der Waals surface area contributed by atoms with Crippen LogP contribution >= 0.6 is 12.6 Å². The summed E-state index contributed by atoms with van der Waals surface area (Å²) < 4.78 is 0. The zero-order valence-corrected chi connectivity index (χ0v) is 4.11. The van der Waals surface area contributed by atoms with Gasteiger partial charge >= 0.3 is 0 Å². The van der Waals surface area contributed by atoms with Crippen LogP contribution in [0.25, 0.3) is 0 Å². The number of nitrogens with one attached hydrogen (secondary N) is 1. The van der Waals surface area contributed by atoms with Gasteiger partial charge in [-0.15, -0.1) is 0 Å². The molecule has 0 heterocycles. The lowest BCUT2D eigenvalue weighted by Gasteiger charge is -1.88. The van der Waals surface area contributed by atoms with Gasteiger partial charge in [-0.05, 0) is 0 Å². The first kappa shape index (κ1) is 5.98. The topological polar surface area (TPSA) is 40.9 Å². The Hall–Kier alpha value is -0.0200. The highest BCUT2D eigenvalue weighted by molar-refractivity contribution is 7.80. The van der Waals surface area contributed by atoms with E-state index in [2.05, 4.69) is 12.6 Å². The van der Waals surface area contributed by atoms with Crippen molar-refractivity contribution in [1.29, 1.82) is 0 Å². The van der Waals surface area contributed by atoms with E-state index in [-0.39, 0.29) is 0 Å². The smallest absolute Gasteiger partial charge is 0.139 e. The van der Waals surface area contributed by atoms with Gasteiger partial charge in [-0.1, -0.05) is 0 Å². The molecule has 0 fully saturated rings. The summed E-state index contributed by atoms with van der Waals surface area (Å²) in [6, 6.07) is -0.631. The van der Waals surface area contributed by atoms with Gasteiger partial charge in [0.2, 0.25) is 0 Å². The molecule has 3 heteroatoms. The fourth-order valence-corrected chi connectivity index (χ4v) is 0.129. The van der Waals surface area contributed by atoms with Gasteiger partial charge in [0.15, 0.2) is 0 Å². The van der Waals surface area contributed by atoms with E-state index in [0.29, 0.717) is 12.0 Å². The van der Waals surface area contributed by atoms with E-state index in [0.717, 1.165) is 0 Å². The normalized spacial score (nSPS) is 13.7. The van der Waals surface area contributed by atoms with Crippen LogP contribution in [-0.2, 0) is 4.79 Å². The fraction of sp³-hybridized carbons (Fsp3) is 0.667. The molecule has 0 aromatic rings. The standard InChI is InChI=1S/C3H6NOS/c4-3(1-5)2-6/h1,3-4,6H,2H2/t3-/m1/s1. The van der Waals surface area contributed by atoms with Crippen LogP contribution < -0.4 is 5.73 Å². The number of carbonyl (C=O) groups is 1. The molecule has 6 heavy (non-hydrogen) atoms. The van der Waals surface area contributed by atoms with Crippen molar-refractivity contribution >= 4 is 18.9 Å². The van der Waals surface area contributed by atoms with Crippen LogP contribution in [-0.4, -0.2) is 18.1 Å². The van der Waals surface area contributed by atoms with E-state index in [1.54, 1.807) is 0 Å². The lowest BCUT2D eigenvalue weighted by atomic mass is 10.4. The fourth-order valence-electron chi connectivity index (χ4n) is 0.0430. The Bertz CT molecular complexity index is 48.1. The van der Waals surface area contributed by atoms with Gasteiger partial charge in [0.05, 0.1) is 6.04 Å². The van der Waals surface area contributed by atoms with Crippen LogP contribution in [0.5, 0.6) is 0 Å². The minimum atomic E-state index is -0.631. The van der Waals surface area contributed by atoms with Gasteiger partial charge in [-0.25, -0.2) is 5.73 Å². The average molecular weight is 104 g/mol. The van der Waals surface area contributed by atoms with Crippen molar-refractivity contribution < 1.29 is 4.79 Å². The quantitative estimate of drug-likeness (QED) is 0.381. The highest BCUT2D eigenvalue weighted by atomic mass is 32.1. The molecule has 0 spiro atoms. The van der Waals surface area contributed by atoms with Gasteiger partial charge < -0.3 is 4.79 Å². The lowest BCUT2D eigenvalue weighted by Crippen LogP contribution is -2.11. The monoisotopic (exact) mass is 104 g/mol. The molecule has 0 saturated heterocycles. The van der Waals surface area contributed by atoms with Gasteiger partial charge in [0.1, 0.15) is 6.29 Å². The second kappa shape index (κ2) is 3.18. The Morgan fingerprint density at radius 3 is 2.50 bits per heavy atom. The van der Waals surface area contributed by atoms with Crippen molar-refractivity contribution in [2.45, 2.75) is 6.04 Å². The van der Waals surface area contributed by atoms with E-state index in [4.69, 9.17) is 5.73 Å². The van der Waals surface area contributed by atoms with Crippen LogP contribution in [0.15, 0.2) is 0 Å². The average Bonchev–Trinajstić information content (AvgIpc) is 1.65. The second-order valence-corrected chi connectivity index (χ2v) is 1.29. The first-order valence-corrected chi connectivity index (χ1v) is 2.21. The van der Waals surface area contributed by atoms with E-state index >= 15 is 0 Å². The number of aldehydes is 1. The summed E-state index contributed by atoms with van der Waals surface area (Å²) in [6.07, 6.45) is 0.563. The maximum atomic E-state index is 9.50. The summed E-state index contributed by atoms with van der Waals surface area (Å²) in [6.45, 7) is 0. The predicted molar refractivity (Wildman–Crippen MR) is 26.8 cm³/mol. The number of rotatable bonds is 2. The highest BCUT2D eigenvalue weighted by Gasteiger charge is 1.91. The second-order valence-electron chi connectivity index (χ2n) is 0.925. The molecule has 1 radical (unpaired) electrons. The minimum absolute atomic E-state index is 0.323. The van der Waals surface area contributed by atoms with Crippen molar-refractivity contribution in [2.75, 3.05) is 5.75 Å². The molecule has 0 aliphatic heterocycles. The van der Waals surface area contributed by atoms with Crippen LogP contribution in [0.4, 0.5) is 0 Å². The van der Waals surface area contributed by atoms with Gasteiger partial charge in [0.25, 0.3) is 0 Å². The van der Waals surface area contributed by atoms with Crippen LogP contribution in [0.2, 0.25) is 0 Å². The highest BCUT2D eigenvalue weighted by Crippen LogP contribution is 1.76. The zero-order chi connectivity index (χ0) is 4.99. The molecule has 0 unspecified atom stereocenters. The van der Waals surface area contributed by atoms with Gasteiger partial charge in [-0.2, -0.15) is 12.6 Å². The third kappa shape index (κ3) is 2.23. The lowest BCUT2D eigenvalue weighted by molar-refractivity contribution is -0.108. The SMILES string of the molecule is [NH][C@H](C=O)CS. The number of hydrogen-bond acceptors (Lipinski definition) is 2. The van der Waals surface area contributed by atoms with E-state index < -0.39 is 6.04 Å². The maximum absolute atomic E-state index is 9.50. The van der Waals surface area contributed by atoms with Crippen LogP contribution in [0.3, 0.4) is 0 Å². The van der Waals surface area contributed by atoms with Gasteiger partial charge in [-0.3, -0.25) is 0 Å². The van der Waals surface area contributed by atoms with Crippen molar-refractivity contribution in [3.8, 4) is 0 Å². The Morgan fingerprint density at radius 2 is 2.50 bits per heavy atom. The molecular formula is C3H6NOS. The molecule has 0 amide bonds. The third-order valence-electron chi connectivity index (χ3n) is 0.361. The number of carbonyl (C=O) groups excluding carboxylic acids is 1. The Kier molecular flexibility index (Phi) is 3.17.